The zero-order valence-electron chi connectivity index (χ0n) is 8.59. The maximum absolute atomic E-state index is 11.8. The Morgan fingerprint density at radius 3 is 2.79 bits per heavy atom. The summed E-state index contributed by atoms with van der Waals surface area (Å²) in [5, 5.41) is 0. The summed E-state index contributed by atoms with van der Waals surface area (Å²) in [4.78, 5) is 11.8. The van der Waals surface area contributed by atoms with Crippen LogP contribution in [0.3, 0.4) is 0 Å². The molecule has 76 valence electrons. The predicted molar refractivity (Wildman–Crippen MR) is 53.4 cm³/mol. The zero-order chi connectivity index (χ0) is 10.3. The number of aryl methyl sites for hydroxylation is 1. The summed E-state index contributed by atoms with van der Waals surface area (Å²) in [5.41, 5.74) is 7.39. The van der Waals surface area contributed by atoms with Crippen molar-refractivity contribution in [1.29, 1.82) is 0 Å². The smallest absolute Gasteiger partial charge is 0.167 e. The summed E-state index contributed by atoms with van der Waals surface area (Å²) < 4.78 is 5.56. The second-order valence-electron chi connectivity index (χ2n) is 4.01. The molecule has 2 rings (SSSR count). The molecule has 0 bridgehead atoms. The number of fused-ring (bicyclic) bond motifs is 1. The third-order valence-electron chi connectivity index (χ3n) is 3.02. The van der Waals surface area contributed by atoms with Gasteiger partial charge >= 0.3 is 0 Å². The molecule has 1 aromatic heterocycles. The van der Waals surface area contributed by atoms with Crippen LogP contribution in [0.25, 0.3) is 0 Å². The molecular weight excluding hydrogens is 178 g/mol. The third kappa shape index (κ3) is 1.28. The van der Waals surface area contributed by atoms with Gasteiger partial charge in [-0.25, -0.2) is 0 Å². The van der Waals surface area contributed by atoms with Gasteiger partial charge in [-0.05, 0) is 26.3 Å². The number of nitrogens with two attached hydrogens (primary N) is 1. The van der Waals surface area contributed by atoms with Gasteiger partial charge in [0.15, 0.2) is 5.78 Å². The van der Waals surface area contributed by atoms with Gasteiger partial charge in [0.25, 0.3) is 0 Å². The Morgan fingerprint density at radius 2 is 2.14 bits per heavy atom. The van der Waals surface area contributed by atoms with Crippen LogP contribution >= 0.6 is 0 Å². The Kier molecular flexibility index (Phi) is 2.19. The molecule has 1 aliphatic rings. The van der Waals surface area contributed by atoms with Crippen LogP contribution in [0, 0.1) is 19.8 Å². The second kappa shape index (κ2) is 3.24. The lowest BCUT2D eigenvalue weighted by molar-refractivity contribution is 0.0945. The van der Waals surface area contributed by atoms with Gasteiger partial charge < -0.3 is 10.2 Å². The fourth-order valence-electron chi connectivity index (χ4n) is 2.07. The molecule has 0 saturated heterocycles. The highest BCUT2D eigenvalue weighted by Crippen LogP contribution is 2.31. The van der Waals surface area contributed by atoms with Crippen molar-refractivity contribution in [2.24, 2.45) is 11.7 Å². The van der Waals surface area contributed by atoms with Crippen LogP contribution in [0.5, 0.6) is 0 Å². The molecule has 0 fully saturated rings. The molecule has 1 atom stereocenters. The first-order valence-corrected chi connectivity index (χ1v) is 4.95. The highest BCUT2D eigenvalue weighted by Gasteiger charge is 2.29. The van der Waals surface area contributed by atoms with Gasteiger partial charge in [0.1, 0.15) is 11.5 Å². The molecule has 0 radical (unpaired) electrons. The Balaban J connectivity index is 2.45. The molecule has 0 spiro atoms. The number of carbonyl (C=O) groups excluding carboxylic acids is 1. The average Bonchev–Trinajstić information content (AvgIpc) is 2.43. The van der Waals surface area contributed by atoms with E-state index in [1.807, 2.05) is 13.8 Å². The molecular formula is C11H15NO2. The molecule has 2 N–H and O–H groups in total. The first kappa shape index (κ1) is 9.46. The van der Waals surface area contributed by atoms with Gasteiger partial charge in [0, 0.05) is 18.4 Å². The van der Waals surface area contributed by atoms with E-state index in [0.717, 1.165) is 29.1 Å². The van der Waals surface area contributed by atoms with E-state index in [0.29, 0.717) is 13.0 Å². The molecule has 3 nitrogen and oxygen atoms in total. The number of hydrogen-bond acceptors (Lipinski definition) is 3. The minimum absolute atomic E-state index is 0.191. The monoisotopic (exact) mass is 193 g/mol. The summed E-state index contributed by atoms with van der Waals surface area (Å²) in [7, 11) is 0. The van der Waals surface area contributed by atoms with Crippen molar-refractivity contribution in [3.8, 4) is 0 Å². The lowest BCUT2D eigenvalue weighted by Crippen LogP contribution is -2.25. The summed E-state index contributed by atoms with van der Waals surface area (Å²) in [6.45, 7) is 4.40. The fourth-order valence-corrected chi connectivity index (χ4v) is 2.07. The van der Waals surface area contributed by atoms with Crippen molar-refractivity contribution in [1.82, 2.24) is 0 Å². The number of hydrogen-bond donors (Lipinski definition) is 1. The van der Waals surface area contributed by atoms with Gasteiger partial charge in [-0.15, -0.1) is 0 Å². The van der Waals surface area contributed by atoms with Crippen LogP contribution in [0.4, 0.5) is 0 Å². The number of rotatable bonds is 1. The summed E-state index contributed by atoms with van der Waals surface area (Å²) in [5.74, 6) is 2.16. The Bertz CT molecular complexity index is 379. The fraction of sp³-hybridized carbons (Fsp3) is 0.545. The number of Topliss-reactive ketones (excluding diaryl/α,β-unsaturated/α-hetero) is 1. The van der Waals surface area contributed by atoms with Crippen LogP contribution < -0.4 is 5.73 Å². The highest BCUT2D eigenvalue weighted by molar-refractivity contribution is 5.99. The van der Waals surface area contributed by atoms with Gasteiger partial charge in [-0.3, -0.25) is 4.79 Å². The predicted octanol–water partition coefficient (Wildman–Crippen LogP) is 1.60. The van der Waals surface area contributed by atoms with E-state index in [1.165, 1.54) is 0 Å². The maximum Gasteiger partial charge on any atom is 0.167 e. The average molecular weight is 193 g/mol. The lowest BCUT2D eigenvalue weighted by atomic mass is 9.86. The minimum atomic E-state index is 0.191. The number of ketones is 1. The molecule has 1 aromatic rings. The normalized spacial score (nSPS) is 21.1. The third-order valence-corrected chi connectivity index (χ3v) is 3.02. The summed E-state index contributed by atoms with van der Waals surface area (Å²) >= 11 is 0. The molecule has 0 amide bonds. The van der Waals surface area contributed by atoms with Crippen LogP contribution in [-0.2, 0) is 6.42 Å². The van der Waals surface area contributed by atoms with Gasteiger partial charge in [-0.1, -0.05) is 0 Å². The van der Waals surface area contributed by atoms with Crippen molar-refractivity contribution in [3.63, 3.8) is 0 Å². The Hall–Kier alpha value is -1.09. The molecule has 1 unspecified atom stereocenters. The van der Waals surface area contributed by atoms with Crippen molar-refractivity contribution < 1.29 is 9.21 Å². The standard InChI is InChI=1S/C11H15NO2/c1-6-7(2)14-10-4-8(5-12)3-9(13)11(6)10/h8H,3-5,12H2,1-2H3. The molecule has 14 heavy (non-hydrogen) atoms. The van der Waals surface area contributed by atoms with E-state index >= 15 is 0 Å². The molecule has 0 aromatic carbocycles. The van der Waals surface area contributed by atoms with E-state index < -0.39 is 0 Å². The number of carbonyl (C=O) groups is 1. The molecule has 1 aliphatic carbocycles. The Labute approximate surface area is 83.3 Å². The zero-order valence-corrected chi connectivity index (χ0v) is 8.59. The van der Waals surface area contributed by atoms with Crippen LogP contribution in [0.2, 0.25) is 0 Å². The number of furan rings is 1. The maximum atomic E-state index is 11.8. The van der Waals surface area contributed by atoms with Crippen molar-refractivity contribution >= 4 is 5.78 Å². The summed E-state index contributed by atoms with van der Waals surface area (Å²) in [6.07, 6.45) is 1.38. The van der Waals surface area contributed by atoms with E-state index in [4.69, 9.17) is 10.2 Å². The first-order chi connectivity index (χ1) is 6.63. The van der Waals surface area contributed by atoms with Crippen molar-refractivity contribution in [2.75, 3.05) is 6.54 Å². The van der Waals surface area contributed by atoms with Gasteiger partial charge in [-0.2, -0.15) is 0 Å². The van der Waals surface area contributed by atoms with Crippen LogP contribution in [0.15, 0.2) is 4.42 Å². The second-order valence-corrected chi connectivity index (χ2v) is 4.01. The summed E-state index contributed by atoms with van der Waals surface area (Å²) in [6, 6.07) is 0. The topological polar surface area (TPSA) is 56.2 Å². The van der Waals surface area contributed by atoms with Gasteiger partial charge in [0.05, 0.1) is 5.56 Å². The molecule has 1 heterocycles. The SMILES string of the molecule is Cc1oc2c(c1C)C(=O)CC(CN)C2. The van der Waals surface area contributed by atoms with Crippen LogP contribution in [-0.4, -0.2) is 12.3 Å². The van der Waals surface area contributed by atoms with E-state index in [1.54, 1.807) is 0 Å². The first-order valence-electron chi connectivity index (χ1n) is 4.95. The Morgan fingerprint density at radius 1 is 1.43 bits per heavy atom. The molecule has 0 aliphatic heterocycles. The van der Waals surface area contributed by atoms with Gasteiger partial charge in [0.2, 0.25) is 0 Å². The largest absolute Gasteiger partial charge is 0.465 e. The molecule has 3 heteroatoms. The van der Waals surface area contributed by atoms with Crippen molar-refractivity contribution in [3.05, 3.63) is 22.6 Å². The van der Waals surface area contributed by atoms with Crippen LogP contribution in [0.1, 0.15) is 33.9 Å². The highest BCUT2D eigenvalue weighted by atomic mass is 16.3. The van der Waals surface area contributed by atoms with E-state index in [9.17, 15) is 4.79 Å². The lowest BCUT2D eigenvalue weighted by Gasteiger charge is -2.18. The van der Waals surface area contributed by atoms with Crippen molar-refractivity contribution in [2.45, 2.75) is 26.7 Å². The van der Waals surface area contributed by atoms with E-state index in [2.05, 4.69) is 0 Å². The minimum Gasteiger partial charge on any atom is -0.465 e. The van der Waals surface area contributed by atoms with E-state index in [-0.39, 0.29) is 11.7 Å². The quantitative estimate of drug-likeness (QED) is 0.737. The molecule has 0 saturated carbocycles.